The summed E-state index contributed by atoms with van der Waals surface area (Å²) >= 11 is 0. The maximum Gasteiger partial charge on any atom is 0.182 e. The quantitative estimate of drug-likeness (QED) is 0.731. The zero-order valence-electron chi connectivity index (χ0n) is 12.7. The van der Waals surface area contributed by atoms with Gasteiger partial charge in [0.25, 0.3) is 0 Å². The molecule has 0 saturated heterocycles. The maximum atomic E-state index is 5.19. The molecule has 2 aromatic heterocycles. The van der Waals surface area contributed by atoms with Crippen LogP contribution >= 0.6 is 0 Å². The van der Waals surface area contributed by atoms with Crippen molar-refractivity contribution in [3.8, 4) is 5.75 Å². The molecule has 3 rings (SSSR count). The summed E-state index contributed by atoms with van der Waals surface area (Å²) in [6.07, 6.45) is 4.16. The van der Waals surface area contributed by atoms with Crippen molar-refractivity contribution in [1.82, 2.24) is 19.9 Å². The molecule has 1 atom stereocenters. The molecule has 0 saturated carbocycles. The third-order valence-corrected chi connectivity index (χ3v) is 3.78. The van der Waals surface area contributed by atoms with Crippen molar-refractivity contribution in [2.24, 2.45) is 0 Å². The Hall–Kier alpha value is -2.63. The largest absolute Gasteiger partial charge is 0.497 e. The van der Waals surface area contributed by atoms with Gasteiger partial charge in [0, 0.05) is 6.54 Å². The number of benzene rings is 1. The van der Waals surface area contributed by atoms with Crippen molar-refractivity contribution >= 4 is 17.0 Å². The van der Waals surface area contributed by atoms with Gasteiger partial charge in [0.05, 0.1) is 13.4 Å². The number of H-pyrrole nitrogens is 1. The molecule has 0 aliphatic heterocycles. The van der Waals surface area contributed by atoms with Crippen LogP contribution in [0.5, 0.6) is 5.75 Å². The summed E-state index contributed by atoms with van der Waals surface area (Å²) in [6.45, 7) is 3.05. The molecule has 2 N–H and O–H groups in total. The number of nitrogens with one attached hydrogen (secondary N) is 2. The van der Waals surface area contributed by atoms with Gasteiger partial charge < -0.3 is 15.0 Å². The SMILES string of the molecule is COc1ccc(C(C)CCNc2ncnc3nc[nH]c23)cc1. The first-order valence-corrected chi connectivity index (χ1v) is 7.30. The van der Waals surface area contributed by atoms with Crippen molar-refractivity contribution in [1.29, 1.82) is 0 Å². The summed E-state index contributed by atoms with van der Waals surface area (Å²) in [7, 11) is 1.68. The van der Waals surface area contributed by atoms with Crippen LogP contribution in [0.1, 0.15) is 24.8 Å². The Morgan fingerprint density at radius 2 is 2.00 bits per heavy atom. The smallest absolute Gasteiger partial charge is 0.182 e. The molecule has 6 nitrogen and oxygen atoms in total. The fourth-order valence-electron chi connectivity index (χ4n) is 2.41. The van der Waals surface area contributed by atoms with Crippen LogP contribution in [0.3, 0.4) is 0 Å². The first-order chi connectivity index (χ1) is 10.8. The number of ether oxygens (including phenoxy) is 1. The average molecular weight is 297 g/mol. The number of nitrogens with zero attached hydrogens (tertiary/aromatic N) is 3. The molecule has 6 heteroatoms. The van der Waals surface area contributed by atoms with Crippen LogP contribution in [0.4, 0.5) is 5.82 Å². The lowest BCUT2D eigenvalue weighted by Gasteiger charge is -2.13. The summed E-state index contributed by atoms with van der Waals surface area (Å²) in [5.74, 6) is 2.14. The summed E-state index contributed by atoms with van der Waals surface area (Å²) in [5.41, 5.74) is 2.83. The third kappa shape index (κ3) is 3.00. The molecule has 0 spiro atoms. The number of aromatic nitrogens is 4. The van der Waals surface area contributed by atoms with Crippen molar-refractivity contribution in [3.05, 3.63) is 42.5 Å². The van der Waals surface area contributed by atoms with Gasteiger partial charge in [-0.15, -0.1) is 0 Å². The highest BCUT2D eigenvalue weighted by Crippen LogP contribution is 2.22. The zero-order valence-corrected chi connectivity index (χ0v) is 12.7. The Morgan fingerprint density at radius 3 is 2.77 bits per heavy atom. The van der Waals surface area contributed by atoms with Gasteiger partial charge in [0.1, 0.15) is 17.6 Å². The van der Waals surface area contributed by atoms with Crippen LogP contribution < -0.4 is 10.1 Å². The van der Waals surface area contributed by atoms with Crippen LogP contribution in [0.25, 0.3) is 11.2 Å². The highest BCUT2D eigenvalue weighted by atomic mass is 16.5. The lowest BCUT2D eigenvalue weighted by molar-refractivity contribution is 0.414. The summed E-state index contributed by atoms with van der Waals surface area (Å²) in [4.78, 5) is 15.6. The molecular formula is C16H19N5O. The van der Waals surface area contributed by atoms with E-state index in [2.05, 4.69) is 44.3 Å². The molecular weight excluding hydrogens is 278 g/mol. The number of hydrogen-bond donors (Lipinski definition) is 2. The fraction of sp³-hybridized carbons (Fsp3) is 0.312. The number of methoxy groups -OCH3 is 1. The number of imidazole rings is 1. The van der Waals surface area contributed by atoms with Crippen molar-refractivity contribution in [2.75, 3.05) is 19.0 Å². The predicted molar refractivity (Wildman–Crippen MR) is 86.2 cm³/mol. The Bertz CT molecular complexity index is 738. The normalized spacial score (nSPS) is 12.3. The topological polar surface area (TPSA) is 75.7 Å². The fourth-order valence-corrected chi connectivity index (χ4v) is 2.41. The van der Waals surface area contributed by atoms with Crippen LogP contribution in [-0.4, -0.2) is 33.6 Å². The predicted octanol–water partition coefficient (Wildman–Crippen LogP) is 2.97. The van der Waals surface area contributed by atoms with E-state index in [-0.39, 0.29) is 0 Å². The van der Waals surface area contributed by atoms with Gasteiger partial charge in [-0.1, -0.05) is 19.1 Å². The Labute approximate surface area is 129 Å². The molecule has 0 aliphatic rings. The second kappa shape index (κ2) is 6.43. The summed E-state index contributed by atoms with van der Waals surface area (Å²) < 4.78 is 5.19. The van der Waals surface area contributed by atoms with Crippen molar-refractivity contribution in [2.45, 2.75) is 19.3 Å². The molecule has 0 fully saturated rings. The number of hydrogen-bond acceptors (Lipinski definition) is 5. The van der Waals surface area contributed by atoms with Gasteiger partial charge in [0.2, 0.25) is 0 Å². The average Bonchev–Trinajstić information content (AvgIpc) is 3.04. The molecule has 0 aliphatic carbocycles. The molecule has 1 aromatic carbocycles. The van der Waals surface area contributed by atoms with E-state index in [0.29, 0.717) is 11.6 Å². The van der Waals surface area contributed by atoms with E-state index < -0.39 is 0 Å². The molecule has 1 unspecified atom stereocenters. The number of aromatic amines is 1. The van der Waals surface area contributed by atoms with E-state index in [1.54, 1.807) is 13.4 Å². The molecule has 22 heavy (non-hydrogen) atoms. The second-order valence-corrected chi connectivity index (χ2v) is 5.21. The molecule has 3 aromatic rings. The Morgan fingerprint density at radius 1 is 1.18 bits per heavy atom. The minimum atomic E-state index is 0.456. The van der Waals surface area contributed by atoms with Gasteiger partial charge in [-0.05, 0) is 30.0 Å². The van der Waals surface area contributed by atoms with Crippen LogP contribution in [0, 0.1) is 0 Å². The van der Waals surface area contributed by atoms with E-state index in [1.165, 1.54) is 11.9 Å². The van der Waals surface area contributed by atoms with E-state index in [9.17, 15) is 0 Å². The van der Waals surface area contributed by atoms with E-state index in [1.807, 2.05) is 12.1 Å². The van der Waals surface area contributed by atoms with E-state index in [0.717, 1.165) is 30.0 Å². The minimum absolute atomic E-state index is 0.456. The standard InChI is InChI=1S/C16H19N5O/c1-11(12-3-5-13(22-2)6-4-12)7-8-17-15-14-16(19-9-18-14)21-10-20-15/h3-6,9-11H,7-8H2,1-2H3,(H2,17,18,19,20,21). The molecule has 114 valence electrons. The van der Waals surface area contributed by atoms with Crippen molar-refractivity contribution < 1.29 is 4.74 Å². The monoisotopic (exact) mass is 297 g/mol. The molecule has 0 bridgehead atoms. The number of rotatable bonds is 6. The third-order valence-electron chi connectivity index (χ3n) is 3.78. The van der Waals surface area contributed by atoms with E-state index in [4.69, 9.17) is 4.74 Å². The van der Waals surface area contributed by atoms with Gasteiger partial charge in [-0.3, -0.25) is 0 Å². The Kier molecular flexibility index (Phi) is 4.18. The summed E-state index contributed by atoms with van der Waals surface area (Å²) in [6, 6.07) is 8.22. The Balaban J connectivity index is 1.59. The highest BCUT2D eigenvalue weighted by molar-refractivity contribution is 5.81. The van der Waals surface area contributed by atoms with Gasteiger partial charge >= 0.3 is 0 Å². The lowest BCUT2D eigenvalue weighted by atomic mass is 9.98. The van der Waals surface area contributed by atoms with Gasteiger partial charge in [-0.25, -0.2) is 15.0 Å². The summed E-state index contributed by atoms with van der Waals surface area (Å²) in [5, 5.41) is 3.35. The molecule has 0 radical (unpaired) electrons. The van der Waals surface area contributed by atoms with Crippen LogP contribution in [0.2, 0.25) is 0 Å². The number of fused-ring (bicyclic) bond motifs is 1. The molecule has 2 heterocycles. The van der Waals surface area contributed by atoms with E-state index >= 15 is 0 Å². The van der Waals surface area contributed by atoms with Crippen LogP contribution in [0.15, 0.2) is 36.9 Å². The zero-order chi connectivity index (χ0) is 15.4. The number of anilines is 1. The minimum Gasteiger partial charge on any atom is -0.497 e. The van der Waals surface area contributed by atoms with Crippen LogP contribution in [-0.2, 0) is 0 Å². The van der Waals surface area contributed by atoms with Gasteiger partial charge in [-0.2, -0.15) is 0 Å². The highest BCUT2D eigenvalue weighted by Gasteiger charge is 2.08. The van der Waals surface area contributed by atoms with Crippen molar-refractivity contribution in [3.63, 3.8) is 0 Å². The first-order valence-electron chi connectivity index (χ1n) is 7.30. The molecule has 0 amide bonds. The maximum absolute atomic E-state index is 5.19. The lowest BCUT2D eigenvalue weighted by Crippen LogP contribution is -2.08. The van der Waals surface area contributed by atoms with Gasteiger partial charge in [0.15, 0.2) is 11.5 Å². The second-order valence-electron chi connectivity index (χ2n) is 5.21. The first kappa shape index (κ1) is 14.3.